The summed E-state index contributed by atoms with van der Waals surface area (Å²) < 4.78 is 0. The van der Waals surface area contributed by atoms with Gasteiger partial charge < -0.3 is 10.2 Å². The van der Waals surface area contributed by atoms with Crippen molar-refractivity contribution in [1.82, 2.24) is 4.90 Å². The number of rotatable bonds is 8. The molecule has 18 heavy (non-hydrogen) atoms. The maximum Gasteiger partial charge on any atom is 0.0342 e. The molecule has 0 heterocycles. The van der Waals surface area contributed by atoms with Crippen LogP contribution in [0.4, 0.5) is 5.69 Å². The van der Waals surface area contributed by atoms with Crippen molar-refractivity contribution in [3.63, 3.8) is 0 Å². The van der Waals surface area contributed by atoms with Gasteiger partial charge in [-0.25, -0.2) is 0 Å². The summed E-state index contributed by atoms with van der Waals surface area (Å²) in [4.78, 5) is 2.19. The predicted octanol–water partition coefficient (Wildman–Crippen LogP) is 4.13. The molecule has 2 nitrogen and oxygen atoms in total. The van der Waals surface area contributed by atoms with E-state index in [4.69, 9.17) is 0 Å². The molecule has 0 aliphatic heterocycles. The van der Waals surface area contributed by atoms with Crippen LogP contribution >= 0.6 is 0 Å². The number of hydrogen-bond donors (Lipinski definition) is 1. The molecule has 1 rings (SSSR count). The highest BCUT2D eigenvalue weighted by atomic mass is 15.0. The van der Waals surface area contributed by atoms with Gasteiger partial charge in [-0.3, -0.25) is 0 Å². The van der Waals surface area contributed by atoms with E-state index in [-0.39, 0.29) is 0 Å². The Kier molecular flexibility index (Phi) is 6.81. The van der Waals surface area contributed by atoms with Gasteiger partial charge in [0, 0.05) is 18.3 Å². The van der Waals surface area contributed by atoms with Crippen LogP contribution in [0.3, 0.4) is 0 Å². The Morgan fingerprint density at radius 1 is 1.11 bits per heavy atom. The maximum absolute atomic E-state index is 3.63. The first-order chi connectivity index (χ1) is 8.65. The van der Waals surface area contributed by atoms with Crippen molar-refractivity contribution in [3.05, 3.63) is 29.8 Å². The minimum absolute atomic E-state index is 0.615. The summed E-state index contributed by atoms with van der Waals surface area (Å²) in [6, 6.07) is 9.45. The van der Waals surface area contributed by atoms with E-state index in [2.05, 4.69) is 62.4 Å². The highest BCUT2D eigenvalue weighted by Crippen LogP contribution is 2.15. The fourth-order valence-electron chi connectivity index (χ4n) is 2.14. The van der Waals surface area contributed by atoms with Gasteiger partial charge in [-0.2, -0.15) is 0 Å². The van der Waals surface area contributed by atoms with Gasteiger partial charge in [0.15, 0.2) is 0 Å². The molecule has 1 N–H and O–H groups in total. The zero-order valence-corrected chi connectivity index (χ0v) is 12.4. The van der Waals surface area contributed by atoms with E-state index < -0.39 is 0 Å². The molecule has 1 aromatic rings. The Morgan fingerprint density at radius 3 is 2.28 bits per heavy atom. The molecule has 0 aromatic heterocycles. The second-order valence-electron chi connectivity index (χ2n) is 5.33. The zero-order valence-electron chi connectivity index (χ0n) is 12.4. The van der Waals surface area contributed by atoms with E-state index >= 15 is 0 Å². The lowest BCUT2D eigenvalue weighted by molar-refractivity contribution is 0.402. The molecule has 0 spiro atoms. The molecule has 0 saturated heterocycles. The van der Waals surface area contributed by atoms with Crippen molar-refractivity contribution in [1.29, 1.82) is 0 Å². The lowest BCUT2D eigenvalue weighted by Crippen LogP contribution is -2.18. The fourth-order valence-corrected chi connectivity index (χ4v) is 2.14. The first kappa shape index (κ1) is 15.0. The molecule has 0 aliphatic rings. The second-order valence-corrected chi connectivity index (χ2v) is 5.33. The molecule has 1 aromatic carbocycles. The van der Waals surface area contributed by atoms with Crippen LogP contribution < -0.4 is 5.32 Å². The van der Waals surface area contributed by atoms with Crippen LogP contribution in [0.25, 0.3) is 0 Å². The van der Waals surface area contributed by atoms with Crippen LogP contribution in [0.1, 0.15) is 45.1 Å². The zero-order chi connectivity index (χ0) is 13.4. The van der Waals surface area contributed by atoms with Gasteiger partial charge in [0.2, 0.25) is 0 Å². The molecule has 1 atom stereocenters. The minimum atomic E-state index is 0.615. The van der Waals surface area contributed by atoms with Crippen LogP contribution in [0.15, 0.2) is 24.3 Å². The highest BCUT2D eigenvalue weighted by Gasteiger charge is 2.05. The molecule has 0 fully saturated rings. The Balaban J connectivity index is 2.50. The average molecular weight is 248 g/mol. The standard InChI is InChI=1S/C16H28N2/c1-5-7-8-15(6-2)17-16-11-9-14(10-12-16)13-18(3)4/h9-12,15,17H,5-8,13H2,1-4H3. The number of anilines is 1. The lowest BCUT2D eigenvalue weighted by atomic mass is 10.1. The molecular formula is C16H28N2. The first-order valence-corrected chi connectivity index (χ1v) is 7.15. The van der Waals surface area contributed by atoms with E-state index in [1.165, 1.54) is 36.9 Å². The Labute approximate surface area is 112 Å². The van der Waals surface area contributed by atoms with Gasteiger partial charge in [-0.15, -0.1) is 0 Å². The molecule has 102 valence electrons. The molecule has 1 unspecified atom stereocenters. The predicted molar refractivity (Wildman–Crippen MR) is 81.1 cm³/mol. The Bertz CT molecular complexity index is 316. The van der Waals surface area contributed by atoms with Gasteiger partial charge in [-0.1, -0.05) is 38.8 Å². The highest BCUT2D eigenvalue weighted by molar-refractivity contribution is 5.45. The van der Waals surface area contributed by atoms with Crippen molar-refractivity contribution in [2.45, 2.75) is 52.1 Å². The first-order valence-electron chi connectivity index (χ1n) is 7.15. The summed E-state index contributed by atoms with van der Waals surface area (Å²) in [5, 5.41) is 3.63. The van der Waals surface area contributed by atoms with Gasteiger partial charge in [0.25, 0.3) is 0 Å². The summed E-state index contributed by atoms with van der Waals surface area (Å²) in [7, 11) is 4.20. The Morgan fingerprint density at radius 2 is 1.78 bits per heavy atom. The van der Waals surface area contributed by atoms with E-state index in [9.17, 15) is 0 Å². The summed E-state index contributed by atoms with van der Waals surface area (Å²) in [6.45, 7) is 5.52. The lowest BCUT2D eigenvalue weighted by Gasteiger charge is -2.18. The molecule has 0 radical (unpaired) electrons. The van der Waals surface area contributed by atoms with Crippen LogP contribution in [0.5, 0.6) is 0 Å². The number of benzene rings is 1. The number of nitrogens with one attached hydrogen (secondary N) is 1. The van der Waals surface area contributed by atoms with E-state index in [1.54, 1.807) is 0 Å². The van der Waals surface area contributed by atoms with Crippen molar-refractivity contribution in [2.75, 3.05) is 19.4 Å². The number of unbranched alkanes of at least 4 members (excludes halogenated alkanes) is 1. The van der Waals surface area contributed by atoms with Crippen LogP contribution in [0.2, 0.25) is 0 Å². The quantitative estimate of drug-likeness (QED) is 0.744. The smallest absolute Gasteiger partial charge is 0.0342 e. The van der Waals surface area contributed by atoms with Crippen LogP contribution in [-0.2, 0) is 6.54 Å². The maximum atomic E-state index is 3.63. The summed E-state index contributed by atoms with van der Waals surface area (Å²) in [5.41, 5.74) is 2.62. The van der Waals surface area contributed by atoms with Crippen molar-refractivity contribution < 1.29 is 0 Å². The monoisotopic (exact) mass is 248 g/mol. The molecule has 0 saturated carbocycles. The third kappa shape index (κ3) is 5.54. The molecule has 0 amide bonds. The van der Waals surface area contributed by atoms with E-state index in [1.807, 2.05) is 0 Å². The third-order valence-corrected chi connectivity index (χ3v) is 3.22. The average Bonchev–Trinajstić information content (AvgIpc) is 2.36. The number of hydrogen-bond acceptors (Lipinski definition) is 2. The van der Waals surface area contributed by atoms with Crippen LogP contribution in [-0.4, -0.2) is 25.0 Å². The summed E-state index contributed by atoms with van der Waals surface area (Å²) in [6.07, 6.45) is 5.05. The third-order valence-electron chi connectivity index (χ3n) is 3.22. The van der Waals surface area contributed by atoms with Gasteiger partial charge in [-0.05, 0) is 44.6 Å². The topological polar surface area (TPSA) is 15.3 Å². The van der Waals surface area contributed by atoms with Gasteiger partial charge >= 0.3 is 0 Å². The SMILES string of the molecule is CCCCC(CC)Nc1ccc(CN(C)C)cc1. The van der Waals surface area contributed by atoms with Crippen molar-refractivity contribution in [3.8, 4) is 0 Å². The van der Waals surface area contributed by atoms with Gasteiger partial charge in [0.1, 0.15) is 0 Å². The fraction of sp³-hybridized carbons (Fsp3) is 0.625. The van der Waals surface area contributed by atoms with Crippen LogP contribution in [0, 0.1) is 0 Å². The number of nitrogens with zero attached hydrogens (tertiary/aromatic N) is 1. The van der Waals surface area contributed by atoms with E-state index in [0.29, 0.717) is 6.04 Å². The summed E-state index contributed by atoms with van der Waals surface area (Å²) >= 11 is 0. The van der Waals surface area contributed by atoms with Gasteiger partial charge in [0.05, 0.1) is 0 Å². The molecule has 0 aliphatic carbocycles. The van der Waals surface area contributed by atoms with Crippen molar-refractivity contribution in [2.24, 2.45) is 0 Å². The van der Waals surface area contributed by atoms with Crippen molar-refractivity contribution >= 4 is 5.69 Å². The largest absolute Gasteiger partial charge is 0.382 e. The second kappa shape index (κ2) is 8.15. The minimum Gasteiger partial charge on any atom is -0.382 e. The molecule has 2 heteroatoms. The van der Waals surface area contributed by atoms with E-state index in [0.717, 1.165) is 6.54 Å². The Hall–Kier alpha value is -1.02. The molecular weight excluding hydrogens is 220 g/mol. The molecule has 0 bridgehead atoms. The summed E-state index contributed by atoms with van der Waals surface area (Å²) in [5.74, 6) is 0. The normalized spacial score (nSPS) is 12.7.